The second-order valence-electron chi connectivity index (χ2n) is 6.85. The van der Waals surface area contributed by atoms with Crippen molar-refractivity contribution in [3.8, 4) is 0 Å². The van der Waals surface area contributed by atoms with Gasteiger partial charge in [0.15, 0.2) is 5.78 Å². The molecule has 23 heavy (non-hydrogen) atoms. The van der Waals surface area contributed by atoms with Crippen LogP contribution in [0.3, 0.4) is 0 Å². The molecule has 0 aliphatic carbocycles. The quantitative estimate of drug-likeness (QED) is 0.837. The Kier molecular flexibility index (Phi) is 6.18. The summed E-state index contributed by atoms with van der Waals surface area (Å²) >= 11 is 1.45. The van der Waals surface area contributed by atoms with Crippen LogP contribution < -0.4 is 5.32 Å². The number of carbonyl (C=O) groups excluding carboxylic acids is 2. The minimum atomic E-state index is -0.484. The lowest BCUT2D eigenvalue weighted by molar-refractivity contribution is 0.0101. The van der Waals surface area contributed by atoms with Crippen molar-refractivity contribution >= 4 is 23.2 Å². The highest BCUT2D eigenvalue weighted by Crippen LogP contribution is 2.20. The van der Waals surface area contributed by atoms with Gasteiger partial charge in [-0.1, -0.05) is 6.07 Å². The Morgan fingerprint density at radius 1 is 1.39 bits per heavy atom. The van der Waals surface area contributed by atoms with E-state index in [1.165, 1.54) is 11.3 Å². The summed E-state index contributed by atoms with van der Waals surface area (Å²) in [5.41, 5.74) is -0.484. The predicted molar refractivity (Wildman–Crippen MR) is 92.1 cm³/mol. The normalized spacial score (nSPS) is 18.7. The Balaban J connectivity index is 1.84. The van der Waals surface area contributed by atoms with Crippen LogP contribution in [0.15, 0.2) is 17.5 Å². The molecule has 0 spiro atoms. The number of likely N-dealkylation sites (tertiary alicyclic amines) is 1. The third-order valence-electron chi connectivity index (χ3n) is 3.72. The Morgan fingerprint density at radius 2 is 2.17 bits per heavy atom. The molecule has 1 unspecified atom stereocenters. The standard InChI is InChI=1S/C17H26N2O3S/c1-17(2,3)22-16(21)19-9-5-4-7-13(19)11-18-12-14(20)15-8-6-10-23-15/h6,8,10,13,18H,4-5,7,9,11-12H2,1-3H3. The van der Waals surface area contributed by atoms with E-state index in [-0.39, 0.29) is 17.9 Å². The summed E-state index contributed by atoms with van der Waals surface area (Å²) in [4.78, 5) is 26.9. The maximum Gasteiger partial charge on any atom is 0.410 e. The van der Waals surface area contributed by atoms with Gasteiger partial charge in [-0.2, -0.15) is 0 Å². The van der Waals surface area contributed by atoms with Gasteiger partial charge in [0.05, 0.1) is 11.4 Å². The van der Waals surface area contributed by atoms with Gasteiger partial charge >= 0.3 is 6.09 Å². The third-order valence-corrected chi connectivity index (χ3v) is 4.63. The van der Waals surface area contributed by atoms with Crippen molar-refractivity contribution in [3.05, 3.63) is 22.4 Å². The predicted octanol–water partition coefficient (Wildman–Crippen LogP) is 3.31. The van der Waals surface area contributed by atoms with E-state index in [0.29, 0.717) is 13.1 Å². The highest BCUT2D eigenvalue weighted by molar-refractivity contribution is 7.12. The van der Waals surface area contributed by atoms with Crippen LogP contribution in [0, 0.1) is 0 Å². The Hall–Kier alpha value is -1.40. The van der Waals surface area contributed by atoms with Gasteiger partial charge < -0.3 is 15.0 Å². The van der Waals surface area contributed by atoms with Crippen LogP contribution in [0.4, 0.5) is 4.79 Å². The maximum atomic E-state index is 12.3. The van der Waals surface area contributed by atoms with Gasteiger partial charge in [-0.3, -0.25) is 4.79 Å². The van der Waals surface area contributed by atoms with Crippen LogP contribution in [0.1, 0.15) is 49.7 Å². The second kappa shape index (κ2) is 7.93. The largest absolute Gasteiger partial charge is 0.444 e. The fourth-order valence-electron chi connectivity index (χ4n) is 2.65. The molecule has 1 aliphatic heterocycles. The molecule has 1 N–H and O–H groups in total. The molecule has 1 aliphatic rings. The lowest BCUT2D eigenvalue weighted by Gasteiger charge is -2.36. The van der Waals surface area contributed by atoms with Crippen molar-refractivity contribution in [2.24, 2.45) is 0 Å². The summed E-state index contributed by atoms with van der Waals surface area (Å²) in [6, 6.07) is 3.81. The van der Waals surface area contributed by atoms with Gasteiger partial charge in [-0.15, -0.1) is 11.3 Å². The molecular formula is C17H26N2O3S. The van der Waals surface area contributed by atoms with Gasteiger partial charge in [0, 0.05) is 19.1 Å². The van der Waals surface area contributed by atoms with Crippen LogP contribution in [0.5, 0.6) is 0 Å². The van der Waals surface area contributed by atoms with E-state index in [4.69, 9.17) is 4.74 Å². The van der Waals surface area contributed by atoms with Gasteiger partial charge in [0.2, 0.25) is 0 Å². The summed E-state index contributed by atoms with van der Waals surface area (Å²) in [7, 11) is 0. The number of rotatable bonds is 5. The maximum absolute atomic E-state index is 12.3. The number of amides is 1. The van der Waals surface area contributed by atoms with Crippen LogP contribution in [-0.2, 0) is 4.74 Å². The Labute approximate surface area is 142 Å². The number of hydrogen-bond donors (Lipinski definition) is 1. The first kappa shape index (κ1) is 17.9. The molecule has 6 heteroatoms. The second-order valence-corrected chi connectivity index (χ2v) is 7.80. The number of ketones is 1. The van der Waals surface area contributed by atoms with Crippen molar-refractivity contribution in [2.75, 3.05) is 19.6 Å². The van der Waals surface area contributed by atoms with E-state index in [1.54, 1.807) is 4.90 Å². The minimum Gasteiger partial charge on any atom is -0.444 e. The Morgan fingerprint density at radius 3 is 2.83 bits per heavy atom. The first-order valence-electron chi connectivity index (χ1n) is 8.14. The molecule has 0 aromatic carbocycles. The number of ether oxygens (including phenoxy) is 1. The number of piperidine rings is 1. The molecular weight excluding hydrogens is 312 g/mol. The first-order chi connectivity index (χ1) is 10.9. The van der Waals surface area contributed by atoms with Gasteiger partial charge in [-0.05, 0) is 51.5 Å². The molecule has 1 atom stereocenters. The summed E-state index contributed by atoms with van der Waals surface area (Å²) in [5, 5.41) is 5.10. The van der Waals surface area contributed by atoms with Gasteiger partial charge in [-0.25, -0.2) is 4.79 Å². The van der Waals surface area contributed by atoms with Crippen molar-refractivity contribution in [1.29, 1.82) is 0 Å². The van der Waals surface area contributed by atoms with Crippen LogP contribution in [-0.4, -0.2) is 48.1 Å². The molecule has 1 aromatic heterocycles. The topological polar surface area (TPSA) is 58.6 Å². The zero-order valence-electron chi connectivity index (χ0n) is 14.1. The van der Waals surface area contributed by atoms with Crippen LogP contribution in [0.2, 0.25) is 0 Å². The fraction of sp³-hybridized carbons (Fsp3) is 0.647. The van der Waals surface area contributed by atoms with E-state index in [2.05, 4.69) is 5.32 Å². The first-order valence-corrected chi connectivity index (χ1v) is 9.02. The summed E-state index contributed by atoms with van der Waals surface area (Å²) in [5.74, 6) is 0.0969. The molecule has 128 valence electrons. The number of thiophene rings is 1. The number of nitrogens with zero attached hydrogens (tertiary/aromatic N) is 1. The molecule has 0 bridgehead atoms. The molecule has 1 amide bonds. The monoisotopic (exact) mass is 338 g/mol. The molecule has 2 heterocycles. The zero-order chi connectivity index (χ0) is 16.9. The molecule has 5 nitrogen and oxygen atoms in total. The fourth-order valence-corrected chi connectivity index (χ4v) is 3.31. The molecule has 1 saturated heterocycles. The third kappa shape index (κ3) is 5.62. The van der Waals surface area contributed by atoms with E-state index in [9.17, 15) is 9.59 Å². The SMILES string of the molecule is CC(C)(C)OC(=O)N1CCCCC1CNCC(=O)c1cccs1. The molecule has 1 aromatic rings. The van der Waals surface area contributed by atoms with Crippen molar-refractivity contribution in [3.63, 3.8) is 0 Å². The average molecular weight is 338 g/mol. The lowest BCUT2D eigenvalue weighted by Crippen LogP contribution is -2.50. The Bertz CT molecular complexity index is 522. The highest BCUT2D eigenvalue weighted by Gasteiger charge is 2.30. The number of carbonyl (C=O) groups is 2. The summed E-state index contributed by atoms with van der Waals surface area (Å²) in [6.07, 6.45) is 2.79. The number of hydrogen-bond acceptors (Lipinski definition) is 5. The van der Waals surface area contributed by atoms with E-state index >= 15 is 0 Å². The highest BCUT2D eigenvalue weighted by atomic mass is 32.1. The molecule has 2 rings (SSSR count). The number of nitrogens with one attached hydrogen (secondary N) is 1. The van der Waals surface area contributed by atoms with E-state index in [1.807, 2.05) is 38.3 Å². The number of Topliss-reactive ketones (excluding diaryl/α,β-unsaturated/α-hetero) is 1. The smallest absolute Gasteiger partial charge is 0.410 e. The molecule has 0 saturated carbocycles. The van der Waals surface area contributed by atoms with E-state index in [0.717, 1.165) is 30.7 Å². The van der Waals surface area contributed by atoms with Gasteiger partial charge in [0.1, 0.15) is 5.60 Å². The van der Waals surface area contributed by atoms with Gasteiger partial charge in [0.25, 0.3) is 0 Å². The van der Waals surface area contributed by atoms with E-state index < -0.39 is 5.60 Å². The van der Waals surface area contributed by atoms with Crippen LogP contribution >= 0.6 is 11.3 Å². The zero-order valence-corrected chi connectivity index (χ0v) is 14.9. The van der Waals surface area contributed by atoms with Crippen LogP contribution in [0.25, 0.3) is 0 Å². The minimum absolute atomic E-state index is 0.0923. The van der Waals surface area contributed by atoms with Crippen molar-refractivity contribution < 1.29 is 14.3 Å². The molecule has 0 radical (unpaired) electrons. The van der Waals surface area contributed by atoms with Crippen molar-refractivity contribution in [1.82, 2.24) is 10.2 Å². The van der Waals surface area contributed by atoms with Crippen molar-refractivity contribution in [2.45, 2.75) is 51.7 Å². The molecule has 1 fully saturated rings. The summed E-state index contributed by atoms with van der Waals surface area (Å²) < 4.78 is 5.49. The summed E-state index contributed by atoms with van der Waals surface area (Å²) in [6.45, 7) is 7.28. The average Bonchev–Trinajstić information content (AvgIpc) is 3.00. The lowest BCUT2D eigenvalue weighted by atomic mass is 10.0.